The smallest absolute Gasteiger partial charge is 0.305 e. The van der Waals surface area contributed by atoms with Crippen LogP contribution in [-0.2, 0) is 9.53 Å². The van der Waals surface area contributed by atoms with E-state index in [1.54, 1.807) is 0 Å². The number of carbonyl (C=O) groups is 1. The highest BCUT2D eigenvalue weighted by Crippen LogP contribution is 2.10. The summed E-state index contributed by atoms with van der Waals surface area (Å²) in [5.74, 6) is -0.168. The van der Waals surface area contributed by atoms with Gasteiger partial charge in [0.15, 0.2) is 0 Å². The summed E-state index contributed by atoms with van der Waals surface area (Å²) < 4.78 is 5.17. The summed E-state index contributed by atoms with van der Waals surface area (Å²) in [5.41, 5.74) is 0. The number of hydrogen-bond acceptors (Lipinski definition) is 3. The lowest BCUT2D eigenvalue weighted by molar-refractivity contribution is -0.146. The second-order valence-corrected chi connectivity index (χ2v) is 7.79. The fourth-order valence-electron chi connectivity index (χ4n) is 3.04. The molecule has 0 heterocycles. The van der Waals surface area contributed by atoms with Crippen molar-refractivity contribution in [2.75, 3.05) is 6.61 Å². The highest BCUT2D eigenvalue weighted by molar-refractivity contribution is 5.69. The van der Waals surface area contributed by atoms with Gasteiger partial charge in [-0.25, -0.2) is 0 Å². The molecule has 0 aliphatic carbocycles. The van der Waals surface area contributed by atoms with Crippen LogP contribution in [0.15, 0.2) is 36.5 Å². The molecule has 3 nitrogen and oxygen atoms in total. The molecule has 168 valence electrons. The number of ether oxygens (including phenoxy) is 1. The lowest BCUT2D eigenvalue weighted by Crippen LogP contribution is -2.18. The number of allylic oxidation sites excluding steroid dienone is 6. The molecule has 0 aromatic carbocycles. The highest BCUT2D eigenvalue weighted by atomic mass is 16.5. The van der Waals surface area contributed by atoms with Crippen molar-refractivity contribution in [2.45, 2.75) is 116 Å². The van der Waals surface area contributed by atoms with Gasteiger partial charge in [-0.3, -0.25) is 4.79 Å². The molecule has 0 saturated heterocycles. The molecule has 0 saturated carbocycles. The lowest BCUT2D eigenvalue weighted by Gasteiger charge is -2.11. The van der Waals surface area contributed by atoms with Gasteiger partial charge in [0, 0.05) is 6.42 Å². The first-order valence-electron chi connectivity index (χ1n) is 12.0. The minimum Gasteiger partial charge on any atom is -0.463 e. The molecule has 0 fully saturated rings. The van der Waals surface area contributed by atoms with E-state index in [0.717, 1.165) is 57.8 Å². The number of aliphatic hydroxyl groups is 1. The van der Waals surface area contributed by atoms with E-state index >= 15 is 0 Å². The Labute approximate surface area is 180 Å². The van der Waals surface area contributed by atoms with Crippen LogP contribution in [0.3, 0.4) is 0 Å². The summed E-state index contributed by atoms with van der Waals surface area (Å²) in [6.45, 7) is 4.48. The van der Waals surface area contributed by atoms with Gasteiger partial charge in [0.05, 0.1) is 6.10 Å². The van der Waals surface area contributed by atoms with Crippen LogP contribution < -0.4 is 0 Å². The first kappa shape index (κ1) is 27.6. The molecular formula is C26H46O3. The van der Waals surface area contributed by atoms with Gasteiger partial charge in [-0.2, -0.15) is 0 Å². The highest BCUT2D eigenvalue weighted by Gasteiger charge is 2.08. The van der Waals surface area contributed by atoms with Crippen LogP contribution in [0.5, 0.6) is 0 Å². The van der Waals surface area contributed by atoms with E-state index in [4.69, 9.17) is 4.74 Å². The van der Waals surface area contributed by atoms with Crippen LogP contribution in [0.2, 0.25) is 0 Å². The molecule has 0 spiro atoms. The van der Waals surface area contributed by atoms with E-state index in [2.05, 4.69) is 50.3 Å². The Morgan fingerprint density at radius 2 is 1.41 bits per heavy atom. The van der Waals surface area contributed by atoms with Gasteiger partial charge in [-0.1, -0.05) is 95.2 Å². The van der Waals surface area contributed by atoms with E-state index in [-0.39, 0.29) is 12.6 Å². The first-order chi connectivity index (χ1) is 14.2. The second kappa shape index (κ2) is 22.9. The molecule has 0 radical (unpaired) electrons. The third-order valence-corrected chi connectivity index (χ3v) is 4.86. The molecule has 1 N–H and O–H groups in total. The molecular weight excluding hydrogens is 360 g/mol. The van der Waals surface area contributed by atoms with Crippen molar-refractivity contribution in [1.29, 1.82) is 0 Å². The van der Waals surface area contributed by atoms with Crippen LogP contribution >= 0.6 is 0 Å². The third kappa shape index (κ3) is 22.8. The number of esters is 1. The molecule has 0 bridgehead atoms. The monoisotopic (exact) mass is 406 g/mol. The van der Waals surface area contributed by atoms with Gasteiger partial charge in [-0.05, 0) is 44.9 Å². The summed E-state index contributed by atoms with van der Waals surface area (Å²) in [4.78, 5) is 11.7. The maximum Gasteiger partial charge on any atom is 0.305 e. The minimum atomic E-state index is -0.503. The quantitative estimate of drug-likeness (QED) is 0.130. The summed E-state index contributed by atoms with van der Waals surface area (Å²) in [5, 5.41) is 9.81. The van der Waals surface area contributed by atoms with Crippen molar-refractivity contribution in [3.8, 4) is 0 Å². The molecule has 0 aliphatic rings. The maximum absolute atomic E-state index is 11.7. The fraction of sp³-hybridized carbons (Fsp3) is 0.731. The molecule has 29 heavy (non-hydrogen) atoms. The van der Waals surface area contributed by atoms with Gasteiger partial charge in [0.1, 0.15) is 6.61 Å². The Morgan fingerprint density at radius 1 is 0.793 bits per heavy atom. The van der Waals surface area contributed by atoms with Crippen LogP contribution in [0.4, 0.5) is 0 Å². The zero-order chi connectivity index (χ0) is 21.4. The Hall–Kier alpha value is -1.35. The molecule has 0 amide bonds. The molecule has 0 aliphatic heterocycles. The number of unbranched alkanes of at least 4 members (excludes halogenated alkanes) is 8. The van der Waals surface area contributed by atoms with Crippen LogP contribution in [-0.4, -0.2) is 23.8 Å². The molecule has 0 aromatic rings. The SMILES string of the molecule is CC/C=C/C/C=C/C/C=C/CCCCCCCC(=O)OCC(O)CCCCCC. The number of aliphatic hydroxyl groups excluding tert-OH is 1. The topological polar surface area (TPSA) is 46.5 Å². The van der Waals surface area contributed by atoms with Crippen molar-refractivity contribution >= 4 is 5.97 Å². The van der Waals surface area contributed by atoms with Gasteiger partial charge >= 0.3 is 5.97 Å². The summed E-state index contributed by atoms with van der Waals surface area (Å²) in [6.07, 6.45) is 28.5. The Bertz CT molecular complexity index is 437. The van der Waals surface area contributed by atoms with E-state index in [0.29, 0.717) is 6.42 Å². The zero-order valence-electron chi connectivity index (χ0n) is 19.1. The predicted molar refractivity (Wildman–Crippen MR) is 125 cm³/mol. The van der Waals surface area contributed by atoms with Gasteiger partial charge in [-0.15, -0.1) is 0 Å². The van der Waals surface area contributed by atoms with E-state index in [9.17, 15) is 9.90 Å². The maximum atomic E-state index is 11.7. The van der Waals surface area contributed by atoms with E-state index in [1.165, 1.54) is 32.1 Å². The fourth-order valence-corrected chi connectivity index (χ4v) is 3.04. The summed E-state index contributed by atoms with van der Waals surface area (Å²) >= 11 is 0. The van der Waals surface area contributed by atoms with Crippen molar-refractivity contribution in [1.82, 2.24) is 0 Å². The van der Waals surface area contributed by atoms with Crippen LogP contribution in [0.1, 0.15) is 110 Å². The number of carbonyl (C=O) groups excluding carboxylic acids is 1. The molecule has 1 atom stereocenters. The lowest BCUT2D eigenvalue weighted by atomic mass is 10.1. The second-order valence-electron chi connectivity index (χ2n) is 7.79. The Balaban J connectivity index is 3.39. The van der Waals surface area contributed by atoms with Gasteiger partial charge < -0.3 is 9.84 Å². The Morgan fingerprint density at radius 3 is 2.14 bits per heavy atom. The number of hydrogen-bond donors (Lipinski definition) is 1. The molecule has 1 unspecified atom stereocenters. The van der Waals surface area contributed by atoms with E-state index in [1.807, 2.05) is 0 Å². The average molecular weight is 407 g/mol. The van der Waals surface area contributed by atoms with Crippen LogP contribution in [0.25, 0.3) is 0 Å². The minimum absolute atomic E-state index is 0.155. The number of rotatable bonds is 20. The average Bonchev–Trinajstić information content (AvgIpc) is 2.72. The predicted octanol–water partition coefficient (Wildman–Crippen LogP) is 7.45. The first-order valence-corrected chi connectivity index (χ1v) is 12.0. The van der Waals surface area contributed by atoms with E-state index < -0.39 is 6.10 Å². The van der Waals surface area contributed by atoms with Crippen molar-refractivity contribution in [3.63, 3.8) is 0 Å². The summed E-state index contributed by atoms with van der Waals surface area (Å²) in [7, 11) is 0. The normalized spacial score (nSPS) is 13.1. The Kier molecular flexibility index (Phi) is 21.9. The molecule has 0 rings (SSSR count). The van der Waals surface area contributed by atoms with Gasteiger partial charge in [0.2, 0.25) is 0 Å². The third-order valence-electron chi connectivity index (χ3n) is 4.86. The zero-order valence-corrected chi connectivity index (χ0v) is 19.1. The van der Waals surface area contributed by atoms with Crippen LogP contribution in [0, 0.1) is 0 Å². The summed E-state index contributed by atoms with van der Waals surface area (Å²) in [6, 6.07) is 0. The standard InChI is InChI=1S/C26H46O3/c1-3-5-7-9-10-11-12-13-14-15-16-17-18-19-21-23-26(28)29-24-25(27)22-20-8-6-4-2/h5,7,10-11,13-14,25,27H,3-4,6,8-9,12,15-24H2,1-2H3/b7-5+,11-10+,14-13+. The molecule has 0 aromatic heterocycles. The van der Waals surface area contributed by atoms with Crippen molar-refractivity contribution in [3.05, 3.63) is 36.5 Å². The largest absolute Gasteiger partial charge is 0.463 e. The van der Waals surface area contributed by atoms with Crippen molar-refractivity contribution in [2.24, 2.45) is 0 Å². The van der Waals surface area contributed by atoms with Crippen molar-refractivity contribution < 1.29 is 14.6 Å². The van der Waals surface area contributed by atoms with Gasteiger partial charge in [0.25, 0.3) is 0 Å². The molecule has 3 heteroatoms.